The van der Waals surface area contributed by atoms with Crippen LogP contribution >= 0.6 is 0 Å². The molecule has 0 bridgehead atoms. The first-order valence-corrected chi connectivity index (χ1v) is 9.74. The second-order valence-electron chi connectivity index (χ2n) is 7.30. The fraction of sp³-hybridized carbons (Fsp3) is 0.947. The third-order valence-corrected chi connectivity index (χ3v) is 5.31. The van der Waals surface area contributed by atoms with E-state index in [-0.39, 0.29) is 11.3 Å². The van der Waals surface area contributed by atoms with Gasteiger partial charge in [0.05, 0.1) is 0 Å². The van der Waals surface area contributed by atoms with Crippen LogP contribution in [0, 0.1) is 5.41 Å². The quantitative estimate of drug-likeness (QED) is 0.347. The molecule has 0 saturated heterocycles. The van der Waals surface area contributed by atoms with Crippen molar-refractivity contribution in [1.82, 2.24) is 0 Å². The zero-order valence-corrected chi connectivity index (χ0v) is 15.5. The molecule has 0 fully saturated rings. The van der Waals surface area contributed by atoms with Gasteiger partial charge in [0.25, 0.3) is 0 Å². The lowest BCUT2D eigenvalue weighted by molar-refractivity contribution is -0.131. The van der Waals surface area contributed by atoms with Crippen LogP contribution in [-0.4, -0.2) is 12.0 Å². The van der Waals surface area contributed by atoms with E-state index in [4.69, 9.17) is 4.84 Å². The summed E-state index contributed by atoms with van der Waals surface area (Å²) in [6, 6.07) is 0. The van der Waals surface area contributed by atoms with E-state index in [0.717, 1.165) is 19.3 Å². The predicted octanol–water partition coefficient (Wildman–Crippen LogP) is 6.40. The highest BCUT2D eigenvalue weighted by Crippen LogP contribution is 2.37. The summed E-state index contributed by atoms with van der Waals surface area (Å²) in [7, 11) is 0. The van der Waals surface area contributed by atoms with Crippen LogP contribution in [0.1, 0.15) is 104 Å². The van der Waals surface area contributed by atoms with Crippen LogP contribution in [0.15, 0.2) is 10.4 Å². The van der Waals surface area contributed by atoms with Crippen LogP contribution in [-0.2, 0) is 9.63 Å². The lowest BCUT2D eigenvalue weighted by Gasteiger charge is -2.30. The van der Waals surface area contributed by atoms with Gasteiger partial charge in [-0.2, -0.15) is 0 Å². The van der Waals surface area contributed by atoms with Crippen molar-refractivity contribution >= 4 is 5.91 Å². The zero-order valence-electron chi connectivity index (χ0n) is 15.5. The van der Waals surface area contributed by atoms with Crippen molar-refractivity contribution in [3.63, 3.8) is 0 Å². The van der Waals surface area contributed by atoms with Crippen molar-refractivity contribution in [1.29, 1.82) is 0 Å². The molecule has 1 aliphatic heterocycles. The van der Waals surface area contributed by atoms with Gasteiger partial charge in [0.15, 0.2) is 0 Å². The Morgan fingerprint density at radius 2 is 1.43 bits per heavy atom. The van der Waals surface area contributed by atoms with Crippen molar-refractivity contribution in [3.8, 4) is 0 Å². The second kappa shape index (κ2) is 11.6. The molecule has 4 nitrogen and oxygen atoms in total. The highest BCUT2D eigenvalue weighted by Gasteiger charge is 2.42. The first kappa shape index (κ1) is 20.1. The summed E-state index contributed by atoms with van der Waals surface area (Å²) >= 11 is 0. The molecule has 0 aromatic rings. The van der Waals surface area contributed by atoms with Crippen LogP contribution in [0.2, 0.25) is 0 Å². The average Bonchev–Trinajstić information content (AvgIpc) is 2.99. The molecule has 0 aromatic heterocycles. The number of nitrogens with zero attached hydrogens (tertiary/aromatic N) is 2. The van der Waals surface area contributed by atoms with Gasteiger partial charge < -0.3 is 4.84 Å². The molecule has 0 saturated carbocycles. The Labute approximate surface area is 142 Å². The van der Waals surface area contributed by atoms with Gasteiger partial charge in [-0.3, -0.25) is 4.79 Å². The fourth-order valence-electron chi connectivity index (χ4n) is 3.32. The molecule has 23 heavy (non-hydrogen) atoms. The maximum absolute atomic E-state index is 11.7. The Morgan fingerprint density at radius 1 is 0.913 bits per heavy atom. The molecule has 0 aliphatic carbocycles. The van der Waals surface area contributed by atoms with E-state index in [9.17, 15) is 4.79 Å². The maximum atomic E-state index is 11.7. The summed E-state index contributed by atoms with van der Waals surface area (Å²) < 4.78 is 0. The van der Waals surface area contributed by atoms with E-state index in [0.29, 0.717) is 0 Å². The summed E-state index contributed by atoms with van der Waals surface area (Å²) in [5.41, 5.74) is -0.125. The van der Waals surface area contributed by atoms with Gasteiger partial charge in [-0.1, -0.05) is 96.5 Å². The van der Waals surface area contributed by atoms with Gasteiger partial charge in [-0.05, 0) is 12.8 Å². The number of hydrogen-bond acceptors (Lipinski definition) is 3. The Kier molecular flexibility index (Phi) is 10.1. The Bertz CT molecular complexity index is 357. The molecule has 0 aromatic carbocycles. The van der Waals surface area contributed by atoms with Gasteiger partial charge in [0.2, 0.25) is 6.10 Å². The summed E-state index contributed by atoms with van der Waals surface area (Å²) in [5, 5.41) is 6.94. The number of amides is 1. The Morgan fingerprint density at radius 3 is 1.87 bits per heavy atom. The van der Waals surface area contributed by atoms with Crippen molar-refractivity contribution in [2.45, 2.75) is 110 Å². The molecule has 1 heterocycles. The fourth-order valence-corrected chi connectivity index (χ4v) is 3.32. The molecule has 0 radical (unpaired) electrons. The first-order valence-electron chi connectivity index (χ1n) is 9.74. The van der Waals surface area contributed by atoms with Crippen LogP contribution in [0.3, 0.4) is 0 Å². The van der Waals surface area contributed by atoms with Crippen LogP contribution in [0.25, 0.3) is 0 Å². The minimum absolute atomic E-state index is 0.125. The summed E-state index contributed by atoms with van der Waals surface area (Å²) in [5.74, 6) is -0.211. The van der Waals surface area contributed by atoms with Gasteiger partial charge in [0, 0.05) is 10.7 Å². The Balaban J connectivity index is 2.02. The second-order valence-corrected chi connectivity index (χ2v) is 7.30. The molecule has 0 N–H and O–H groups in total. The van der Waals surface area contributed by atoms with E-state index in [1.807, 2.05) is 0 Å². The van der Waals surface area contributed by atoms with Crippen molar-refractivity contribution in [2.24, 2.45) is 15.8 Å². The molecule has 0 spiro atoms. The topological polar surface area (TPSA) is 51.0 Å². The van der Waals surface area contributed by atoms with Gasteiger partial charge in [-0.15, -0.1) is 0 Å². The van der Waals surface area contributed by atoms with E-state index in [1.54, 1.807) is 0 Å². The SMILES string of the molecule is CCCCCCCCCCCCCC(C)(CC)C1ON=NC1=O. The molecular formula is C19H36N2O2. The standard InChI is InChI=1S/C19H36N2O2/c1-4-6-7-8-9-10-11-12-13-14-15-16-19(3,5-2)17-18(22)20-21-23-17/h17H,4-16H2,1-3H3. The largest absolute Gasteiger partial charge is 0.365 e. The van der Waals surface area contributed by atoms with Crippen LogP contribution < -0.4 is 0 Å². The lowest BCUT2D eigenvalue weighted by atomic mass is 9.76. The number of rotatable bonds is 14. The molecule has 1 rings (SSSR count). The lowest BCUT2D eigenvalue weighted by Crippen LogP contribution is -2.36. The Hall–Kier alpha value is -0.930. The minimum Gasteiger partial charge on any atom is -0.365 e. The molecular weight excluding hydrogens is 288 g/mol. The van der Waals surface area contributed by atoms with Crippen molar-refractivity contribution in [2.75, 3.05) is 0 Å². The van der Waals surface area contributed by atoms with E-state index >= 15 is 0 Å². The molecule has 2 atom stereocenters. The molecule has 134 valence electrons. The zero-order chi connectivity index (χ0) is 17.0. The monoisotopic (exact) mass is 324 g/mol. The highest BCUT2D eigenvalue weighted by molar-refractivity contribution is 5.82. The van der Waals surface area contributed by atoms with E-state index in [2.05, 4.69) is 31.2 Å². The average molecular weight is 325 g/mol. The number of unbranched alkanes of at least 4 members (excludes halogenated alkanes) is 10. The third-order valence-electron chi connectivity index (χ3n) is 5.31. The van der Waals surface area contributed by atoms with Gasteiger partial charge in [0.1, 0.15) is 0 Å². The van der Waals surface area contributed by atoms with Crippen LogP contribution in [0.5, 0.6) is 0 Å². The van der Waals surface area contributed by atoms with E-state index in [1.165, 1.54) is 64.2 Å². The van der Waals surface area contributed by atoms with Crippen molar-refractivity contribution in [3.05, 3.63) is 0 Å². The predicted molar refractivity (Wildman–Crippen MR) is 94.2 cm³/mol. The van der Waals surface area contributed by atoms with Crippen LogP contribution in [0.4, 0.5) is 0 Å². The van der Waals surface area contributed by atoms with Crippen molar-refractivity contribution < 1.29 is 9.63 Å². The number of carbonyl (C=O) groups is 1. The number of carbonyl (C=O) groups excluding carboxylic acids is 1. The normalized spacial score (nSPS) is 19.8. The first-order chi connectivity index (χ1) is 11.1. The maximum Gasteiger partial charge on any atom is 0.311 e. The molecule has 1 aliphatic rings. The third kappa shape index (κ3) is 7.45. The summed E-state index contributed by atoms with van der Waals surface area (Å²) in [4.78, 5) is 16.9. The molecule has 4 heteroatoms. The smallest absolute Gasteiger partial charge is 0.311 e. The summed E-state index contributed by atoms with van der Waals surface area (Å²) in [6.45, 7) is 6.51. The highest BCUT2D eigenvalue weighted by atomic mass is 16.7. The van der Waals surface area contributed by atoms with E-state index < -0.39 is 6.10 Å². The summed E-state index contributed by atoms with van der Waals surface area (Å²) in [6.07, 6.45) is 16.3. The molecule has 2 unspecified atom stereocenters. The van der Waals surface area contributed by atoms with Gasteiger partial charge in [-0.25, -0.2) is 0 Å². The van der Waals surface area contributed by atoms with Gasteiger partial charge >= 0.3 is 5.91 Å². The minimum atomic E-state index is -0.462. The number of hydrogen-bond donors (Lipinski definition) is 0. The molecule has 1 amide bonds.